The van der Waals surface area contributed by atoms with Gasteiger partial charge in [0.2, 0.25) is 11.9 Å². The van der Waals surface area contributed by atoms with E-state index in [4.69, 9.17) is 14.5 Å². The van der Waals surface area contributed by atoms with E-state index in [0.29, 0.717) is 42.9 Å². The molecule has 42 heavy (non-hydrogen) atoms. The fraction of sp³-hybridized carbons (Fsp3) is 0.344. The van der Waals surface area contributed by atoms with Crippen molar-refractivity contribution in [2.45, 2.75) is 19.6 Å². The number of amides is 1. The fourth-order valence-corrected chi connectivity index (χ4v) is 5.31. The summed E-state index contributed by atoms with van der Waals surface area (Å²) in [6.45, 7) is 14.2. The van der Waals surface area contributed by atoms with Gasteiger partial charge in [-0.3, -0.25) is 9.69 Å². The standard InChI is InChI=1S/C32H39N7O3/c1-5-29(41-4)26(20-23(34-30(40)6-2)21-37(3)16-17-38-14-9-15-38)36-32-33-13-12-25(35-32)31-24-10-7-8-11-27(24)39-18-19-42-22-28(31)39/h5-8,10-13,20H,1-2,9,14-19,21-22H2,3-4H3,(H,34,40)(H,33,35,36)/b23-20+,29-26-. The van der Waals surface area contributed by atoms with Crippen LogP contribution in [0.5, 0.6) is 0 Å². The highest BCUT2D eigenvalue weighted by Crippen LogP contribution is 2.36. The maximum atomic E-state index is 12.4. The summed E-state index contributed by atoms with van der Waals surface area (Å²) in [4.78, 5) is 26.4. The minimum atomic E-state index is -0.292. The topological polar surface area (TPSA) is 96.8 Å². The van der Waals surface area contributed by atoms with Crippen LogP contribution in [-0.2, 0) is 27.4 Å². The van der Waals surface area contributed by atoms with Crippen molar-refractivity contribution < 1.29 is 14.3 Å². The first kappa shape index (κ1) is 29.2. The minimum absolute atomic E-state index is 0.292. The molecule has 3 aromatic rings. The Hall–Kier alpha value is -4.25. The number of likely N-dealkylation sites (tertiary alicyclic amines) is 1. The molecule has 4 heterocycles. The molecule has 0 bridgehead atoms. The second-order valence-corrected chi connectivity index (χ2v) is 10.4. The van der Waals surface area contributed by atoms with E-state index in [0.717, 1.165) is 60.6 Å². The van der Waals surface area contributed by atoms with Gasteiger partial charge in [-0.1, -0.05) is 31.4 Å². The Morgan fingerprint density at radius 2 is 2.02 bits per heavy atom. The second kappa shape index (κ2) is 13.6. The van der Waals surface area contributed by atoms with Crippen LogP contribution in [0.4, 0.5) is 5.95 Å². The van der Waals surface area contributed by atoms with E-state index in [1.165, 1.54) is 12.5 Å². The van der Waals surface area contributed by atoms with Gasteiger partial charge in [0.25, 0.3) is 0 Å². The number of carbonyl (C=O) groups is 1. The number of carbonyl (C=O) groups excluding carboxylic acids is 1. The molecule has 0 unspecified atom stereocenters. The molecule has 1 aromatic carbocycles. The number of para-hydroxylation sites is 1. The summed E-state index contributed by atoms with van der Waals surface area (Å²) in [5, 5.41) is 7.39. The lowest BCUT2D eigenvalue weighted by atomic mass is 10.1. The third-order valence-corrected chi connectivity index (χ3v) is 7.58. The van der Waals surface area contributed by atoms with Gasteiger partial charge in [-0.2, -0.15) is 0 Å². The molecule has 2 N–H and O–H groups in total. The molecule has 0 radical (unpaired) electrons. The van der Waals surface area contributed by atoms with E-state index in [2.05, 4.69) is 61.3 Å². The van der Waals surface area contributed by atoms with Gasteiger partial charge in [0.15, 0.2) is 0 Å². The number of anilines is 1. The van der Waals surface area contributed by atoms with Gasteiger partial charge >= 0.3 is 0 Å². The molecule has 1 fully saturated rings. The monoisotopic (exact) mass is 569 g/mol. The normalized spacial score (nSPS) is 15.9. The van der Waals surface area contributed by atoms with Gasteiger partial charge in [0.1, 0.15) is 5.76 Å². The van der Waals surface area contributed by atoms with Gasteiger partial charge in [-0.25, -0.2) is 9.97 Å². The number of aromatic nitrogens is 3. The van der Waals surface area contributed by atoms with E-state index in [-0.39, 0.29) is 5.91 Å². The first-order chi connectivity index (χ1) is 20.5. The summed E-state index contributed by atoms with van der Waals surface area (Å²) in [7, 11) is 3.61. The average molecular weight is 570 g/mol. The van der Waals surface area contributed by atoms with Crippen molar-refractivity contribution in [3.63, 3.8) is 0 Å². The predicted octanol–water partition coefficient (Wildman–Crippen LogP) is 3.91. The number of benzene rings is 1. The molecule has 0 spiro atoms. The zero-order valence-corrected chi connectivity index (χ0v) is 24.4. The number of hydrogen-bond acceptors (Lipinski definition) is 8. The summed E-state index contributed by atoms with van der Waals surface area (Å²) >= 11 is 0. The molecule has 1 saturated heterocycles. The number of rotatable bonds is 13. The molecule has 5 rings (SSSR count). The molecule has 2 aliphatic rings. The van der Waals surface area contributed by atoms with Crippen LogP contribution in [0.3, 0.4) is 0 Å². The fourth-order valence-electron chi connectivity index (χ4n) is 5.31. The molecule has 1 amide bonds. The van der Waals surface area contributed by atoms with Gasteiger partial charge in [0.05, 0.1) is 37.4 Å². The van der Waals surface area contributed by atoms with Crippen molar-refractivity contribution in [1.29, 1.82) is 0 Å². The highest BCUT2D eigenvalue weighted by Gasteiger charge is 2.22. The molecule has 0 aliphatic carbocycles. The summed E-state index contributed by atoms with van der Waals surface area (Å²) in [6.07, 6.45) is 7.69. The number of likely N-dealkylation sites (N-methyl/N-ethyl adjacent to an activating group) is 1. The van der Waals surface area contributed by atoms with E-state index in [9.17, 15) is 4.79 Å². The van der Waals surface area contributed by atoms with Gasteiger partial charge in [-0.05, 0) is 56.9 Å². The number of hydrogen-bond donors (Lipinski definition) is 2. The average Bonchev–Trinajstić information content (AvgIpc) is 3.31. The van der Waals surface area contributed by atoms with Crippen molar-refractivity contribution in [1.82, 2.24) is 29.7 Å². The number of fused-ring (bicyclic) bond motifs is 3. The molecular formula is C32H39N7O3. The summed E-state index contributed by atoms with van der Waals surface area (Å²) in [5.74, 6) is 0.578. The van der Waals surface area contributed by atoms with Crippen LogP contribution in [0.2, 0.25) is 0 Å². The van der Waals surface area contributed by atoms with Crippen molar-refractivity contribution in [2.24, 2.45) is 0 Å². The van der Waals surface area contributed by atoms with E-state index in [1.54, 1.807) is 19.4 Å². The van der Waals surface area contributed by atoms with Crippen LogP contribution in [-0.4, -0.2) is 83.7 Å². The zero-order valence-electron chi connectivity index (χ0n) is 24.4. The number of allylic oxidation sites excluding steroid dienone is 2. The highest BCUT2D eigenvalue weighted by molar-refractivity contribution is 5.97. The van der Waals surface area contributed by atoms with Crippen molar-refractivity contribution in [2.75, 3.05) is 58.8 Å². The van der Waals surface area contributed by atoms with Crippen LogP contribution in [0.1, 0.15) is 12.1 Å². The molecule has 10 heteroatoms. The van der Waals surface area contributed by atoms with Crippen LogP contribution < -0.4 is 10.6 Å². The lowest BCUT2D eigenvalue weighted by Gasteiger charge is -2.32. The molecule has 0 atom stereocenters. The Kier molecular flexibility index (Phi) is 9.48. The highest BCUT2D eigenvalue weighted by atomic mass is 16.5. The Bertz CT molecular complexity index is 1520. The van der Waals surface area contributed by atoms with E-state index >= 15 is 0 Å². The van der Waals surface area contributed by atoms with E-state index in [1.807, 2.05) is 25.3 Å². The van der Waals surface area contributed by atoms with Gasteiger partial charge < -0.3 is 29.6 Å². The maximum absolute atomic E-state index is 12.4. The first-order valence-electron chi connectivity index (χ1n) is 14.2. The first-order valence-corrected chi connectivity index (χ1v) is 14.2. The molecular weight excluding hydrogens is 530 g/mol. The number of methoxy groups -OCH3 is 1. The molecule has 0 saturated carbocycles. The number of ether oxygens (including phenoxy) is 2. The maximum Gasteiger partial charge on any atom is 0.247 e. The Balaban J connectivity index is 1.46. The molecule has 2 aromatic heterocycles. The van der Waals surface area contributed by atoms with Crippen molar-refractivity contribution in [3.8, 4) is 11.3 Å². The second-order valence-electron chi connectivity index (χ2n) is 10.4. The minimum Gasteiger partial charge on any atom is -0.495 e. The summed E-state index contributed by atoms with van der Waals surface area (Å²) in [6, 6.07) is 10.3. The third kappa shape index (κ3) is 6.62. The zero-order chi connectivity index (χ0) is 29.5. The van der Waals surface area contributed by atoms with Crippen LogP contribution >= 0.6 is 0 Å². The lowest BCUT2D eigenvalue weighted by Crippen LogP contribution is -2.42. The Morgan fingerprint density at radius 3 is 2.76 bits per heavy atom. The van der Waals surface area contributed by atoms with Gasteiger partial charge in [0, 0.05) is 54.5 Å². The summed E-state index contributed by atoms with van der Waals surface area (Å²) in [5.41, 5.74) is 5.32. The quantitative estimate of drug-likeness (QED) is 0.182. The van der Waals surface area contributed by atoms with Gasteiger partial charge in [-0.15, -0.1) is 0 Å². The number of nitrogens with one attached hydrogen (secondary N) is 2. The lowest BCUT2D eigenvalue weighted by molar-refractivity contribution is -0.115. The van der Waals surface area contributed by atoms with Crippen LogP contribution in [0.25, 0.3) is 22.2 Å². The Labute approximate surface area is 247 Å². The largest absolute Gasteiger partial charge is 0.495 e. The SMILES string of the molecule is C=CC(=O)N/C(=C/C(Nc1nccc(-c2c3n(c4ccccc24)CCOC3)n1)=C(\C=C)OC)CN(C)CCN1CCC1. The Morgan fingerprint density at radius 1 is 1.19 bits per heavy atom. The molecule has 10 nitrogen and oxygen atoms in total. The third-order valence-electron chi connectivity index (χ3n) is 7.58. The van der Waals surface area contributed by atoms with E-state index < -0.39 is 0 Å². The van der Waals surface area contributed by atoms with Crippen LogP contribution in [0.15, 0.2) is 85.1 Å². The molecule has 2 aliphatic heterocycles. The van der Waals surface area contributed by atoms with Crippen molar-refractivity contribution >= 4 is 22.8 Å². The van der Waals surface area contributed by atoms with Crippen molar-refractivity contribution in [3.05, 3.63) is 90.8 Å². The smallest absolute Gasteiger partial charge is 0.247 e. The predicted molar refractivity (Wildman–Crippen MR) is 165 cm³/mol. The van der Waals surface area contributed by atoms with Crippen LogP contribution in [0, 0.1) is 0 Å². The summed E-state index contributed by atoms with van der Waals surface area (Å²) < 4.78 is 13.8. The molecule has 220 valence electrons. The number of nitrogens with zero attached hydrogens (tertiary/aromatic N) is 5.